The van der Waals surface area contributed by atoms with E-state index in [0.29, 0.717) is 20.7 Å². The van der Waals surface area contributed by atoms with E-state index in [1.54, 1.807) is 36.4 Å². The molecule has 0 aliphatic heterocycles. The van der Waals surface area contributed by atoms with Crippen molar-refractivity contribution in [3.63, 3.8) is 0 Å². The molecule has 0 unspecified atom stereocenters. The van der Waals surface area contributed by atoms with E-state index >= 15 is 0 Å². The number of hydrogen-bond acceptors (Lipinski definition) is 1. The van der Waals surface area contributed by atoms with Gasteiger partial charge in [-0.25, -0.2) is 4.39 Å². The molecule has 0 bridgehead atoms. The quantitative estimate of drug-likeness (QED) is 0.879. The molecular weight excluding hydrogens is 333 g/mol. The summed E-state index contributed by atoms with van der Waals surface area (Å²) in [5.74, 6) is -0.666. The first-order valence-corrected chi connectivity index (χ1v) is 6.71. The molecule has 1 N–H and O–H groups in total. The van der Waals surface area contributed by atoms with Crippen LogP contribution in [0.5, 0.6) is 0 Å². The van der Waals surface area contributed by atoms with Crippen molar-refractivity contribution in [2.24, 2.45) is 0 Å². The normalized spacial score (nSPS) is 10.3. The minimum Gasteiger partial charge on any atom is -0.325 e. The van der Waals surface area contributed by atoms with Crippen LogP contribution in [0.15, 0.2) is 46.9 Å². The number of halogens is 3. The zero-order valence-electron chi connectivity index (χ0n) is 9.79. The van der Waals surface area contributed by atoms with Crippen molar-refractivity contribution < 1.29 is 9.18 Å². The van der Waals surface area contributed by atoms with Gasteiger partial charge in [-0.15, -0.1) is 0 Å². The summed E-state index contributed by atoms with van der Waals surface area (Å²) < 4.78 is 14.1. The first-order valence-electron chi connectivity index (χ1n) is 5.54. The van der Waals surface area contributed by atoms with Gasteiger partial charge in [0.25, 0.3) is 0 Å². The number of amides is 1. The molecule has 2 rings (SSSR count). The Labute approximate surface area is 123 Å². The molecular formula is C14H10BrClFNO. The topological polar surface area (TPSA) is 29.1 Å². The third-order valence-electron chi connectivity index (χ3n) is 2.51. The van der Waals surface area contributed by atoms with Gasteiger partial charge in [-0.3, -0.25) is 4.79 Å². The van der Waals surface area contributed by atoms with Crippen LogP contribution in [0.4, 0.5) is 10.1 Å². The highest BCUT2D eigenvalue weighted by molar-refractivity contribution is 9.10. The average Bonchev–Trinajstić information content (AvgIpc) is 2.36. The Kier molecular flexibility index (Phi) is 4.56. The van der Waals surface area contributed by atoms with Crippen molar-refractivity contribution in [1.29, 1.82) is 0 Å². The summed E-state index contributed by atoms with van der Waals surface area (Å²) in [6.07, 6.45) is -0.0122. The predicted molar refractivity (Wildman–Crippen MR) is 77.9 cm³/mol. The Morgan fingerprint density at radius 1 is 1.26 bits per heavy atom. The smallest absolute Gasteiger partial charge is 0.228 e. The minimum atomic E-state index is -0.382. The Morgan fingerprint density at radius 2 is 2.00 bits per heavy atom. The lowest BCUT2D eigenvalue weighted by atomic mass is 10.1. The number of hydrogen-bond donors (Lipinski definition) is 1. The molecule has 2 aromatic carbocycles. The van der Waals surface area contributed by atoms with Crippen LogP contribution in [0.25, 0.3) is 0 Å². The SMILES string of the molecule is O=C(Cc1ccccc1F)Nc1ccc(Cl)cc1Br. The average molecular weight is 343 g/mol. The predicted octanol–water partition coefficient (Wildman–Crippen LogP) is 4.42. The van der Waals surface area contributed by atoms with Crippen LogP contribution in [-0.2, 0) is 11.2 Å². The van der Waals surface area contributed by atoms with Gasteiger partial charge in [-0.05, 0) is 45.8 Å². The molecule has 98 valence electrons. The molecule has 0 atom stereocenters. The van der Waals surface area contributed by atoms with E-state index in [1.165, 1.54) is 6.07 Å². The molecule has 0 heterocycles. The van der Waals surface area contributed by atoms with Crippen LogP contribution in [-0.4, -0.2) is 5.91 Å². The van der Waals surface area contributed by atoms with Crippen LogP contribution >= 0.6 is 27.5 Å². The van der Waals surface area contributed by atoms with Gasteiger partial charge in [0.1, 0.15) is 5.82 Å². The highest BCUT2D eigenvalue weighted by Crippen LogP contribution is 2.26. The molecule has 2 nitrogen and oxygen atoms in total. The Hall–Kier alpha value is -1.39. The first kappa shape index (κ1) is 14.0. The van der Waals surface area contributed by atoms with Crippen LogP contribution in [0.2, 0.25) is 5.02 Å². The lowest BCUT2D eigenvalue weighted by Gasteiger charge is -2.08. The largest absolute Gasteiger partial charge is 0.325 e. The van der Waals surface area contributed by atoms with Crippen molar-refractivity contribution in [3.8, 4) is 0 Å². The summed E-state index contributed by atoms with van der Waals surface area (Å²) in [4.78, 5) is 11.8. The van der Waals surface area contributed by atoms with Crippen molar-refractivity contribution in [3.05, 3.63) is 63.3 Å². The monoisotopic (exact) mass is 341 g/mol. The Morgan fingerprint density at radius 3 is 2.68 bits per heavy atom. The molecule has 5 heteroatoms. The van der Waals surface area contributed by atoms with E-state index in [1.807, 2.05) is 0 Å². The summed E-state index contributed by atoms with van der Waals surface area (Å²) in [5, 5.41) is 3.27. The summed E-state index contributed by atoms with van der Waals surface area (Å²) in [7, 11) is 0. The van der Waals surface area contributed by atoms with Gasteiger partial charge in [0.05, 0.1) is 12.1 Å². The van der Waals surface area contributed by atoms with Crippen LogP contribution in [0, 0.1) is 5.82 Å². The number of benzene rings is 2. The fraction of sp³-hybridized carbons (Fsp3) is 0.0714. The molecule has 0 saturated heterocycles. The fourth-order valence-electron chi connectivity index (χ4n) is 1.60. The second-order valence-corrected chi connectivity index (χ2v) is 5.23. The number of nitrogens with one attached hydrogen (secondary N) is 1. The van der Waals surface area contributed by atoms with Gasteiger partial charge in [-0.1, -0.05) is 29.8 Å². The second kappa shape index (κ2) is 6.17. The molecule has 0 aliphatic carbocycles. The summed E-state index contributed by atoms with van der Waals surface area (Å²) in [6.45, 7) is 0. The summed E-state index contributed by atoms with van der Waals surface area (Å²) in [6, 6.07) is 11.3. The maximum absolute atomic E-state index is 13.4. The molecule has 0 radical (unpaired) electrons. The van der Waals surface area contributed by atoms with E-state index in [4.69, 9.17) is 11.6 Å². The zero-order valence-corrected chi connectivity index (χ0v) is 12.1. The van der Waals surface area contributed by atoms with Crippen LogP contribution in [0.1, 0.15) is 5.56 Å². The summed E-state index contributed by atoms with van der Waals surface area (Å²) >= 11 is 9.11. The van der Waals surface area contributed by atoms with Gasteiger partial charge < -0.3 is 5.32 Å². The van der Waals surface area contributed by atoms with Crippen LogP contribution < -0.4 is 5.32 Å². The fourth-order valence-corrected chi connectivity index (χ4v) is 2.38. The van der Waals surface area contributed by atoms with Gasteiger partial charge in [0.2, 0.25) is 5.91 Å². The highest BCUT2D eigenvalue weighted by atomic mass is 79.9. The van der Waals surface area contributed by atoms with E-state index < -0.39 is 0 Å². The molecule has 0 aromatic heterocycles. The number of carbonyl (C=O) groups excluding carboxylic acids is 1. The van der Waals surface area contributed by atoms with Crippen molar-refractivity contribution >= 4 is 39.1 Å². The molecule has 0 aliphatic rings. The Bertz CT molecular complexity index is 618. The molecule has 1 amide bonds. The third-order valence-corrected chi connectivity index (χ3v) is 3.41. The van der Waals surface area contributed by atoms with Gasteiger partial charge in [0, 0.05) is 9.50 Å². The molecule has 2 aromatic rings. The lowest BCUT2D eigenvalue weighted by molar-refractivity contribution is -0.115. The van der Waals surface area contributed by atoms with Crippen LogP contribution in [0.3, 0.4) is 0 Å². The lowest BCUT2D eigenvalue weighted by Crippen LogP contribution is -2.15. The zero-order chi connectivity index (χ0) is 13.8. The summed E-state index contributed by atoms with van der Waals surface area (Å²) in [5.41, 5.74) is 0.968. The van der Waals surface area contributed by atoms with Gasteiger partial charge in [-0.2, -0.15) is 0 Å². The number of rotatable bonds is 3. The number of carbonyl (C=O) groups is 1. The van der Waals surface area contributed by atoms with Crippen molar-refractivity contribution in [1.82, 2.24) is 0 Å². The minimum absolute atomic E-state index is 0.0122. The number of anilines is 1. The van der Waals surface area contributed by atoms with E-state index in [0.717, 1.165) is 0 Å². The first-order chi connectivity index (χ1) is 9.06. The molecule has 0 spiro atoms. The third kappa shape index (κ3) is 3.78. The maximum Gasteiger partial charge on any atom is 0.228 e. The maximum atomic E-state index is 13.4. The standard InChI is InChI=1S/C14H10BrClFNO/c15-11-8-10(16)5-6-13(11)18-14(19)7-9-3-1-2-4-12(9)17/h1-6,8H,7H2,(H,18,19). The van der Waals surface area contributed by atoms with E-state index in [2.05, 4.69) is 21.2 Å². The Balaban J connectivity index is 2.08. The van der Waals surface area contributed by atoms with E-state index in [-0.39, 0.29) is 18.1 Å². The van der Waals surface area contributed by atoms with Gasteiger partial charge >= 0.3 is 0 Å². The van der Waals surface area contributed by atoms with Gasteiger partial charge in [0.15, 0.2) is 0 Å². The molecule has 0 saturated carbocycles. The molecule has 19 heavy (non-hydrogen) atoms. The van der Waals surface area contributed by atoms with E-state index in [9.17, 15) is 9.18 Å². The highest BCUT2D eigenvalue weighted by Gasteiger charge is 2.09. The van der Waals surface area contributed by atoms with Crippen molar-refractivity contribution in [2.45, 2.75) is 6.42 Å². The second-order valence-electron chi connectivity index (χ2n) is 3.94. The molecule has 0 fully saturated rings. The van der Waals surface area contributed by atoms with Crippen molar-refractivity contribution in [2.75, 3.05) is 5.32 Å².